The second kappa shape index (κ2) is 10.4. The minimum absolute atomic E-state index is 0.217. The summed E-state index contributed by atoms with van der Waals surface area (Å²) in [4.78, 5) is 41.3. The third-order valence-electron chi connectivity index (χ3n) is 3.54. The lowest BCUT2D eigenvalue weighted by molar-refractivity contribution is -0.404. The van der Waals surface area contributed by atoms with E-state index in [9.17, 15) is 35.1 Å². The molecule has 0 amide bonds. The van der Waals surface area contributed by atoms with Crippen molar-refractivity contribution in [2.24, 2.45) is 0 Å². The van der Waals surface area contributed by atoms with Crippen LogP contribution >= 0.6 is 0 Å². The molecule has 1 N–H and O–H groups in total. The van der Waals surface area contributed by atoms with Crippen molar-refractivity contribution in [1.29, 1.82) is 0 Å². The van der Waals surface area contributed by atoms with Gasteiger partial charge in [-0.15, -0.1) is 0 Å². The summed E-state index contributed by atoms with van der Waals surface area (Å²) in [5.74, 6) is -0.991. The molecule has 29 heavy (non-hydrogen) atoms. The number of hydrogen-bond donors (Lipinski definition) is 1. The number of nitrogens with zero attached hydrogens (tertiary/aromatic N) is 4. The van der Waals surface area contributed by atoms with Crippen molar-refractivity contribution in [2.75, 3.05) is 20.6 Å². The van der Waals surface area contributed by atoms with Crippen LogP contribution in [0.5, 0.6) is 5.75 Å². The number of phenols is 1. The first-order chi connectivity index (χ1) is 13.5. The second-order valence-corrected chi connectivity index (χ2v) is 5.95. The molecule has 0 bridgehead atoms. The molecule has 0 saturated carbocycles. The normalized spacial score (nSPS) is 10.0. The monoisotopic (exact) mass is 406 g/mol. The summed E-state index contributed by atoms with van der Waals surface area (Å²) in [5, 5.41) is 40.2. The molecule has 0 radical (unpaired) electrons. The standard InChI is InChI=1S/C11H15NO.C6H3N3O7/c1-12(2)9-8-11(13)10-6-4-3-5-7-10;10-6-4(8(13)14)1-3(7(11)12)2-5(6)9(15)16/h3-7H,8-9H2,1-2H3;1-2,10H. The highest BCUT2D eigenvalue weighted by Crippen LogP contribution is 2.38. The fourth-order valence-electron chi connectivity index (χ4n) is 2.07. The summed E-state index contributed by atoms with van der Waals surface area (Å²) < 4.78 is 0. The molecule has 0 aliphatic rings. The summed E-state index contributed by atoms with van der Waals surface area (Å²) >= 11 is 0. The lowest BCUT2D eigenvalue weighted by Crippen LogP contribution is -2.16. The molecule has 12 nitrogen and oxygen atoms in total. The zero-order chi connectivity index (χ0) is 22.1. The number of non-ortho nitro benzene ring substituents is 1. The third kappa shape index (κ3) is 6.95. The van der Waals surface area contributed by atoms with Crippen molar-refractivity contribution in [2.45, 2.75) is 6.42 Å². The molecule has 0 heterocycles. The third-order valence-corrected chi connectivity index (χ3v) is 3.54. The van der Waals surface area contributed by atoms with E-state index in [0.717, 1.165) is 12.1 Å². The van der Waals surface area contributed by atoms with Crippen molar-refractivity contribution in [3.63, 3.8) is 0 Å². The molecule has 0 aromatic heterocycles. The van der Waals surface area contributed by atoms with Gasteiger partial charge in [-0.3, -0.25) is 35.1 Å². The van der Waals surface area contributed by atoms with Crippen LogP contribution in [0.3, 0.4) is 0 Å². The van der Waals surface area contributed by atoms with Crippen LogP contribution < -0.4 is 0 Å². The Hall–Kier alpha value is -3.93. The predicted octanol–water partition coefficient (Wildman–Crippen LogP) is 2.94. The summed E-state index contributed by atoms with van der Waals surface area (Å²) in [6.07, 6.45) is 0.594. The smallest absolute Gasteiger partial charge is 0.324 e. The first-order valence-corrected chi connectivity index (χ1v) is 8.07. The molecule has 154 valence electrons. The Labute approximate surface area is 164 Å². The van der Waals surface area contributed by atoms with Crippen molar-refractivity contribution in [3.05, 3.63) is 78.4 Å². The van der Waals surface area contributed by atoms with Gasteiger partial charge in [0.1, 0.15) is 0 Å². The maximum atomic E-state index is 11.5. The topological polar surface area (TPSA) is 170 Å². The van der Waals surface area contributed by atoms with Crippen LogP contribution in [-0.4, -0.2) is 51.2 Å². The number of carbonyl (C=O) groups is 1. The maximum Gasteiger partial charge on any atom is 0.324 e. The summed E-state index contributed by atoms with van der Waals surface area (Å²) in [6.45, 7) is 0.813. The van der Waals surface area contributed by atoms with Gasteiger partial charge in [0, 0.05) is 18.5 Å². The van der Waals surface area contributed by atoms with E-state index >= 15 is 0 Å². The molecule has 2 aromatic rings. The van der Waals surface area contributed by atoms with Gasteiger partial charge >= 0.3 is 11.4 Å². The Bertz CT molecular complexity index is 880. The average molecular weight is 406 g/mol. The van der Waals surface area contributed by atoms with Gasteiger partial charge in [0.05, 0.1) is 26.9 Å². The van der Waals surface area contributed by atoms with E-state index in [1.165, 1.54) is 0 Å². The van der Waals surface area contributed by atoms with E-state index < -0.39 is 37.6 Å². The first kappa shape index (κ1) is 23.1. The van der Waals surface area contributed by atoms with Crippen LogP contribution in [0.15, 0.2) is 42.5 Å². The number of benzene rings is 2. The first-order valence-electron chi connectivity index (χ1n) is 8.07. The molecule has 0 aliphatic heterocycles. The van der Waals surface area contributed by atoms with Crippen LogP contribution in [0.25, 0.3) is 0 Å². The molecule has 0 atom stereocenters. The Balaban J connectivity index is 0.000000296. The average Bonchev–Trinajstić information content (AvgIpc) is 2.66. The Morgan fingerprint density at radius 1 is 0.931 bits per heavy atom. The number of phenolic OH excluding ortho intramolecular Hbond substituents is 1. The Kier molecular flexibility index (Phi) is 8.30. The van der Waals surface area contributed by atoms with E-state index in [-0.39, 0.29) is 5.78 Å². The molecule has 0 fully saturated rings. The SMILES string of the molecule is CN(C)CCC(=O)c1ccccc1.O=[N+]([O-])c1cc([N+](=O)[O-])c(O)c([N+](=O)[O-])c1. The Morgan fingerprint density at radius 2 is 1.41 bits per heavy atom. The number of aromatic hydroxyl groups is 1. The van der Waals surface area contributed by atoms with Crippen LogP contribution in [0.1, 0.15) is 16.8 Å². The molecule has 0 unspecified atom stereocenters. The highest BCUT2D eigenvalue weighted by Gasteiger charge is 2.30. The van der Waals surface area contributed by atoms with E-state index in [4.69, 9.17) is 5.11 Å². The van der Waals surface area contributed by atoms with Crippen molar-refractivity contribution in [3.8, 4) is 5.75 Å². The molecule has 0 saturated heterocycles. The lowest BCUT2D eigenvalue weighted by atomic mass is 10.1. The lowest BCUT2D eigenvalue weighted by Gasteiger charge is -2.07. The van der Waals surface area contributed by atoms with Crippen molar-refractivity contribution in [1.82, 2.24) is 4.90 Å². The van der Waals surface area contributed by atoms with Gasteiger partial charge in [0.2, 0.25) is 0 Å². The van der Waals surface area contributed by atoms with Gasteiger partial charge in [0.25, 0.3) is 11.4 Å². The quantitative estimate of drug-likeness (QED) is 0.412. The van der Waals surface area contributed by atoms with Crippen LogP contribution in [0.2, 0.25) is 0 Å². The molecule has 12 heteroatoms. The molecular weight excluding hydrogens is 388 g/mol. The van der Waals surface area contributed by atoms with Gasteiger partial charge in [-0.2, -0.15) is 0 Å². The van der Waals surface area contributed by atoms with Gasteiger partial charge < -0.3 is 10.0 Å². The number of Topliss-reactive ketones (excluding diaryl/α,β-unsaturated/α-hetero) is 1. The molecule has 0 aliphatic carbocycles. The second-order valence-electron chi connectivity index (χ2n) is 5.95. The predicted molar refractivity (Wildman–Crippen MR) is 102 cm³/mol. The van der Waals surface area contributed by atoms with E-state index in [2.05, 4.69) is 0 Å². The summed E-state index contributed by atoms with van der Waals surface area (Å²) in [6, 6.07) is 10.3. The number of hydrogen-bond acceptors (Lipinski definition) is 9. The fraction of sp³-hybridized carbons (Fsp3) is 0.235. The largest absolute Gasteiger partial charge is 0.497 e. The minimum Gasteiger partial charge on any atom is -0.497 e. The van der Waals surface area contributed by atoms with Gasteiger partial charge in [0.15, 0.2) is 5.78 Å². The van der Waals surface area contributed by atoms with Crippen LogP contribution in [0, 0.1) is 30.3 Å². The number of nitro groups is 3. The fourth-order valence-corrected chi connectivity index (χ4v) is 2.07. The van der Waals surface area contributed by atoms with Gasteiger partial charge in [-0.1, -0.05) is 30.3 Å². The molecule has 2 aromatic carbocycles. The molecule has 0 spiro atoms. The highest BCUT2D eigenvalue weighted by atomic mass is 16.6. The number of carbonyl (C=O) groups excluding carboxylic acids is 1. The van der Waals surface area contributed by atoms with Gasteiger partial charge in [-0.05, 0) is 14.1 Å². The molecule has 2 rings (SSSR count). The molecular formula is C17H18N4O8. The maximum absolute atomic E-state index is 11.5. The Morgan fingerprint density at radius 3 is 1.79 bits per heavy atom. The summed E-state index contributed by atoms with van der Waals surface area (Å²) in [7, 11) is 3.94. The van der Waals surface area contributed by atoms with Crippen molar-refractivity contribution < 1.29 is 24.7 Å². The zero-order valence-corrected chi connectivity index (χ0v) is 15.5. The number of ketones is 1. The van der Waals surface area contributed by atoms with E-state index in [0.29, 0.717) is 18.6 Å². The van der Waals surface area contributed by atoms with E-state index in [1.54, 1.807) is 0 Å². The van der Waals surface area contributed by atoms with E-state index in [1.807, 2.05) is 49.3 Å². The summed E-state index contributed by atoms with van der Waals surface area (Å²) in [5.41, 5.74) is -2.19. The van der Waals surface area contributed by atoms with Crippen LogP contribution in [-0.2, 0) is 0 Å². The highest BCUT2D eigenvalue weighted by molar-refractivity contribution is 5.96. The number of nitro benzene ring substituents is 3. The number of rotatable bonds is 7. The zero-order valence-electron chi connectivity index (χ0n) is 15.5. The van der Waals surface area contributed by atoms with Crippen LogP contribution in [0.4, 0.5) is 17.1 Å². The van der Waals surface area contributed by atoms with Gasteiger partial charge in [-0.25, -0.2) is 0 Å². The minimum atomic E-state index is -1.21. The van der Waals surface area contributed by atoms with Crippen molar-refractivity contribution >= 4 is 22.8 Å².